The molecule has 268 valence electrons. The second-order valence-corrected chi connectivity index (χ2v) is 14.8. The number of oxime groups is 1. The molecule has 0 unspecified atom stereocenters. The number of ketones is 1. The topological polar surface area (TPSA) is 255 Å². The predicted octanol–water partition coefficient (Wildman–Crippen LogP) is 1.38. The quantitative estimate of drug-likeness (QED) is 0.0528. The van der Waals surface area contributed by atoms with E-state index in [0.29, 0.717) is 28.9 Å². The third-order valence-electron chi connectivity index (χ3n) is 8.96. The number of fused-ring (bicyclic) bond motifs is 1. The number of β-lactam (4-membered cyclic amide) rings is 1. The molecule has 0 aliphatic carbocycles. The molecule has 5 rings (SSSR count). The fraction of sp³-hybridized carbons (Fsp3) is 0.484. The number of piperidine rings is 1. The second-order valence-electron chi connectivity index (χ2n) is 12.9. The molecule has 2 aromatic rings. The van der Waals surface area contributed by atoms with E-state index in [1.807, 2.05) is 0 Å². The van der Waals surface area contributed by atoms with E-state index in [9.17, 15) is 44.4 Å². The molecule has 0 radical (unpaired) electrons. The van der Waals surface area contributed by atoms with Crippen molar-refractivity contribution >= 4 is 63.7 Å². The number of rotatable bonds is 14. The minimum atomic E-state index is -1.79. The van der Waals surface area contributed by atoms with Crippen molar-refractivity contribution in [2.24, 2.45) is 11.1 Å². The van der Waals surface area contributed by atoms with Crippen LogP contribution in [0, 0.1) is 5.92 Å². The molecule has 3 aliphatic heterocycles. The number of anilines is 1. The maximum atomic E-state index is 13.5. The summed E-state index contributed by atoms with van der Waals surface area (Å²) in [6, 6.07) is 3.80. The van der Waals surface area contributed by atoms with Crippen LogP contribution in [0.1, 0.15) is 55.7 Å². The number of phenols is 2. The number of aromatic hydroxyl groups is 2. The molecule has 1 aromatic carbocycles. The van der Waals surface area contributed by atoms with E-state index >= 15 is 0 Å². The number of quaternary nitrogens is 1. The van der Waals surface area contributed by atoms with Crippen LogP contribution in [0.2, 0.25) is 0 Å². The van der Waals surface area contributed by atoms with Gasteiger partial charge in [0.25, 0.3) is 5.91 Å². The largest absolute Gasteiger partial charge is 0.504 e. The maximum Gasteiger partial charge on any atom is 0.352 e. The monoisotopic (exact) mass is 732 g/mol. The van der Waals surface area contributed by atoms with Crippen LogP contribution in [0.3, 0.4) is 0 Å². The van der Waals surface area contributed by atoms with Crippen molar-refractivity contribution in [1.82, 2.24) is 19.6 Å². The van der Waals surface area contributed by atoms with Crippen LogP contribution >= 0.6 is 23.3 Å². The molecule has 2 fully saturated rings. The molecule has 2 saturated heterocycles. The van der Waals surface area contributed by atoms with Gasteiger partial charge in [-0.05, 0) is 51.3 Å². The smallest absolute Gasteiger partial charge is 0.352 e. The Morgan fingerprint density at radius 3 is 2.48 bits per heavy atom. The number of nitrogens with two attached hydrogens (primary N) is 1. The van der Waals surface area contributed by atoms with Crippen LogP contribution in [0.5, 0.6) is 11.5 Å². The molecular formula is C31H38N7O10S2+. The minimum Gasteiger partial charge on any atom is -0.504 e. The third kappa shape index (κ3) is 7.68. The second kappa shape index (κ2) is 14.6. The summed E-state index contributed by atoms with van der Waals surface area (Å²) >= 11 is 2.15. The Bertz CT molecular complexity index is 1770. The van der Waals surface area contributed by atoms with Gasteiger partial charge in [-0.15, -0.1) is 11.8 Å². The first-order chi connectivity index (χ1) is 23.6. The highest BCUT2D eigenvalue weighted by Gasteiger charge is 2.55. The van der Waals surface area contributed by atoms with Gasteiger partial charge in [0.15, 0.2) is 28.1 Å². The van der Waals surface area contributed by atoms with Gasteiger partial charge in [0.2, 0.25) is 17.3 Å². The van der Waals surface area contributed by atoms with Gasteiger partial charge >= 0.3 is 11.9 Å². The minimum absolute atomic E-state index is 0.0321. The fourth-order valence-electron chi connectivity index (χ4n) is 6.20. The number of Topliss-reactive ketones (excluding diaryl/α,β-unsaturated/α-hetero) is 1. The van der Waals surface area contributed by atoms with E-state index in [1.165, 1.54) is 48.7 Å². The van der Waals surface area contributed by atoms with Crippen molar-refractivity contribution in [2.45, 2.75) is 50.5 Å². The molecule has 2 amide bonds. The number of nitrogens with one attached hydrogen (secondary N) is 1. The van der Waals surface area contributed by atoms with Crippen LogP contribution in [0.4, 0.5) is 5.13 Å². The van der Waals surface area contributed by atoms with Crippen molar-refractivity contribution in [1.29, 1.82) is 0 Å². The highest BCUT2D eigenvalue weighted by atomic mass is 32.2. The first kappa shape index (κ1) is 36.5. The molecule has 7 N–H and O–H groups in total. The molecule has 3 aliphatic rings. The number of likely N-dealkylation sites (tertiary alicyclic amines) is 1. The van der Waals surface area contributed by atoms with Crippen LogP contribution in [0.25, 0.3) is 0 Å². The molecule has 19 heteroatoms. The van der Waals surface area contributed by atoms with Crippen LogP contribution in [-0.4, -0.2) is 124 Å². The molecule has 17 nitrogen and oxygen atoms in total. The number of nitrogen functional groups attached to an aromatic ring is 1. The average Bonchev–Trinajstić information content (AvgIpc) is 3.50. The summed E-state index contributed by atoms with van der Waals surface area (Å²) in [6.07, 6.45) is 2.47. The molecular weight excluding hydrogens is 695 g/mol. The summed E-state index contributed by atoms with van der Waals surface area (Å²) in [5.74, 6) is -5.76. The number of thioether (sulfide) groups is 1. The number of carboxylic acids is 2. The van der Waals surface area contributed by atoms with Crippen molar-refractivity contribution in [3.05, 3.63) is 40.9 Å². The first-order valence-corrected chi connectivity index (χ1v) is 17.6. The lowest BCUT2D eigenvalue weighted by atomic mass is 9.89. The van der Waals surface area contributed by atoms with Gasteiger partial charge in [0, 0.05) is 34.8 Å². The number of hydrogen-bond donors (Lipinski definition) is 6. The summed E-state index contributed by atoms with van der Waals surface area (Å²) in [4.78, 5) is 74.3. The lowest BCUT2D eigenvalue weighted by molar-refractivity contribution is -0.927. The molecule has 1 aromatic heterocycles. The normalized spacial score (nSPS) is 20.5. The summed E-state index contributed by atoms with van der Waals surface area (Å²) in [6.45, 7) is 5.12. The number of carboxylic acid groups (broad SMARTS) is 2. The average molecular weight is 733 g/mol. The summed E-state index contributed by atoms with van der Waals surface area (Å²) in [5, 5.41) is 45.0. The summed E-state index contributed by atoms with van der Waals surface area (Å²) in [7, 11) is 0. The van der Waals surface area contributed by atoms with Crippen LogP contribution < -0.4 is 11.1 Å². The molecule has 0 saturated carbocycles. The number of phenolic OH excluding ortho intramolecular Hbond substituents is 2. The number of hydrogen-bond acceptors (Lipinski definition) is 14. The lowest BCUT2D eigenvalue weighted by Gasteiger charge is -2.50. The van der Waals surface area contributed by atoms with E-state index in [1.54, 1.807) is 0 Å². The van der Waals surface area contributed by atoms with Gasteiger partial charge in [0.1, 0.15) is 12.2 Å². The molecule has 4 heterocycles. The Balaban J connectivity index is 1.30. The number of carbonyl (C=O) groups is 5. The van der Waals surface area contributed by atoms with Gasteiger partial charge in [-0.1, -0.05) is 5.16 Å². The van der Waals surface area contributed by atoms with Crippen molar-refractivity contribution in [3.8, 4) is 11.5 Å². The zero-order valence-corrected chi connectivity index (χ0v) is 29.0. The van der Waals surface area contributed by atoms with Gasteiger partial charge in [0.05, 0.1) is 37.5 Å². The zero-order valence-electron chi connectivity index (χ0n) is 27.3. The number of benzene rings is 1. The fourth-order valence-corrected chi connectivity index (χ4v) is 8.04. The number of carbonyl (C=O) groups excluding carboxylic acids is 3. The van der Waals surface area contributed by atoms with Crippen molar-refractivity contribution in [2.75, 3.05) is 44.2 Å². The molecule has 50 heavy (non-hydrogen) atoms. The van der Waals surface area contributed by atoms with Gasteiger partial charge in [-0.25, -0.2) is 9.59 Å². The molecule has 2 atom stereocenters. The Labute approximate surface area is 294 Å². The number of nitrogens with zero attached hydrogens (tertiary/aromatic N) is 5. The SMILES string of the molecule is CC(C)(O/N=C(\C(=O)C[C@@H]1C(=O)N2C(C(=O)O)=C(C[N+]3(CCNC(=O)c4ccc(O)c(O)c4)CCCCC3)CS[C@H]12)c1nsc(N)n1)C(=O)O. The van der Waals surface area contributed by atoms with E-state index in [4.69, 9.17) is 10.6 Å². The highest BCUT2D eigenvalue weighted by molar-refractivity contribution is 8.00. The van der Waals surface area contributed by atoms with Crippen LogP contribution in [0.15, 0.2) is 34.6 Å². The highest BCUT2D eigenvalue weighted by Crippen LogP contribution is 2.46. The first-order valence-electron chi connectivity index (χ1n) is 15.8. The van der Waals surface area contributed by atoms with E-state index in [2.05, 4.69) is 19.8 Å². The number of aliphatic carboxylic acids is 2. The van der Waals surface area contributed by atoms with E-state index in [-0.39, 0.29) is 40.9 Å². The zero-order chi connectivity index (χ0) is 36.4. The van der Waals surface area contributed by atoms with Gasteiger partial charge in [-0.3, -0.25) is 19.3 Å². The van der Waals surface area contributed by atoms with E-state index < -0.39 is 57.9 Å². The van der Waals surface area contributed by atoms with Crippen LogP contribution in [-0.2, 0) is 24.0 Å². The predicted molar refractivity (Wildman–Crippen MR) is 180 cm³/mol. The Kier molecular flexibility index (Phi) is 10.7. The summed E-state index contributed by atoms with van der Waals surface area (Å²) < 4.78 is 4.50. The van der Waals surface area contributed by atoms with E-state index in [0.717, 1.165) is 43.9 Å². The molecule has 0 spiro atoms. The Morgan fingerprint density at radius 1 is 1.14 bits per heavy atom. The number of aromatic nitrogens is 2. The van der Waals surface area contributed by atoms with Crippen molar-refractivity contribution in [3.63, 3.8) is 0 Å². The third-order valence-corrected chi connectivity index (χ3v) is 10.9. The summed E-state index contributed by atoms with van der Waals surface area (Å²) in [5.41, 5.74) is 4.15. The Hall–Kier alpha value is -4.75. The van der Waals surface area contributed by atoms with Gasteiger partial charge < -0.3 is 40.8 Å². The Morgan fingerprint density at radius 2 is 1.86 bits per heavy atom. The van der Waals surface area contributed by atoms with Crippen molar-refractivity contribution < 1.29 is 53.7 Å². The van der Waals surface area contributed by atoms with Gasteiger partial charge in [-0.2, -0.15) is 9.36 Å². The lowest BCUT2D eigenvalue weighted by Crippen LogP contribution is -2.63. The molecule has 0 bridgehead atoms. The standard InChI is InChI=1S/C31H37N7O10S2/c1-31(2,29(46)47)48-35-22(24-34-30(32)50-36-24)21(41)13-18-26(43)37-23(28(44)45)17(15-49-27(18)37)14-38(9-4-3-5-10-38)11-8-33-25(42)16-6-7-19(39)20(40)12-16/h6-7,12,18,27H,3-5,8-11,13-15H2,1-2H3,(H6-,32,33,34,35,36,39,40,41,42,44,45,46,47)/p+1/t18-,27-/m1/s1. The maximum absolute atomic E-state index is 13.5. The number of amides is 2.